The second-order valence-corrected chi connectivity index (χ2v) is 6.99. The van der Waals surface area contributed by atoms with Crippen molar-refractivity contribution in [3.05, 3.63) is 71.3 Å². The minimum atomic E-state index is -4.44. The number of carbonyl (C=O) groups excluding carboxylic acids is 1. The van der Waals surface area contributed by atoms with Crippen LogP contribution in [0.5, 0.6) is 0 Å². The number of hydrogen-bond acceptors (Lipinski definition) is 2. The highest BCUT2D eigenvalue weighted by Gasteiger charge is 2.31. The number of likely N-dealkylation sites (tertiary alicyclic amines) is 1. The van der Waals surface area contributed by atoms with Gasteiger partial charge in [0.1, 0.15) is 0 Å². The van der Waals surface area contributed by atoms with E-state index in [2.05, 4.69) is 22.3 Å². The number of hydrogen-bond donors (Lipinski definition) is 1. The number of alkyl halides is 3. The van der Waals surface area contributed by atoms with E-state index in [4.69, 9.17) is 0 Å². The van der Waals surface area contributed by atoms with E-state index in [1.165, 1.54) is 17.7 Å². The summed E-state index contributed by atoms with van der Waals surface area (Å²) in [4.78, 5) is 14.6. The summed E-state index contributed by atoms with van der Waals surface area (Å²) in [6.45, 7) is 3.33. The molecule has 0 aromatic heterocycles. The Kier molecular flexibility index (Phi) is 6.16. The average molecular weight is 376 g/mol. The van der Waals surface area contributed by atoms with E-state index in [0.29, 0.717) is 12.5 Å². The molecule has 2 aromatic rings. The Labute approximate surface area is 157 Å². The predicted octanol–water partition coefficient (Wildman–Crippen LogP) is 4.35. The van der Waals surface area contributed by atoms with Crippen LogP contribution in [0.25, 0.3) is 0 Å². The first kappa shape index (κ1) is 19.4. The number of nitrogens with one attached hydrogen (secondary N) is 1. The molecule has 0 radical (unpaired) electrons. The Balaban J connectivity index is 1.45. The second kappa shape index (κ2) is 8.57. The van der Waals surface area contributed by atoms with Gasteiger partial charge in [0, 0.05) is 18.7 Å². The molecule has 6 heteroatoms. The fraction of sp³-hybridized carbons (Fsp3) is 0.381. The van der Waals surface area contributed by atoms with Gasteiger partial charge in [0.05, 0.1) is 5.56 Å². The van der Waals surface area contributed by atoms with Crippen molar-refractivity contribution in [3.63, 3.8) is 0 Å². The van der Waals surface area contributed by atoms with Crippen LogP contribution in [-0.4, -0.2) is 30.4 Å². The van der Waals surface area contributed by atoms with Crippen LogP contribution in [0.2, 0.25) is 0 Å². The van der Waals surface area contributed by atoms with Crippen LogP contribution < -0.4 is 5.32 Å². The predicted molar refractivity (Wildman–Crippen MR) is 98.2 cm³/mol. The fourth-order valence-corrected chi connectivity index (χ4v) is 3.37. The lowest BCUT2D eigenvalue weighted by molar-refractivity contribution is -0.137. The first-order chi connectivity index (χ1) is 12.9. The van der Waals surface area contributed by atoms with Crippen LogP contribution in [0.15, 0.2) is 54.6 Å². The molecule has 1 aliphatic rings. The number of piperidine rings is 1. The van der Waals surface area contributed by atoms with Crippen LogP contribution >= 0.6 is 0 Å². The van der Waals surface area contributed by atoms with Gasteiger partial charge in [0.2, 0.25) is 0 Å². The van der Waals surface area contributed by atoms with Crippen LogP contribution in [-0.2, 0) is 12.7 Å². The topological polar surface area (TPSA) is 32.3 Å². The fourth-order valence-electron chi connectivity index (χ4n) is 3.37. The summed E-state index contributed by atoms with van der Waals surface area (Å²) in [6.07, 6.45) is -2.51. The maximum atomic E-state index is 12.8. The van der Waals surface area contributed by atoms with Crippen LogP contribution in [0.1, 0.15) is 34.3 Å². The minimum Gasteiger partial charge on any atom is -0.352 e. The molecular weight excluding hydrogens is 353 g/mol. The Bertz CT molecular complexity index is 754. The van der Waals surface area contributed by atoms with Crippen molar-refractivity contribution in [1.29, 1.82) is 0 Å². The molecular formula is C21H23F3N2O. The highest BCUT2D eigenvalue weighted by Crippen LogP contribution is 2.29. The molecule has 0 saturated carbocycles. The minimum absolute atomic E-state index is 0.0475. The van der Waals surface area contributed by atoms with E-state index in [-0.39, 0.29) is 5.56 Å². The maximum absolute atomic E-state index is 12.8. The number of benzene rings is 2. The first-order valence-corrected chi connectivity index (χ1v) is 9.13. The maximum Gasteiger partial charge on any atom is 0.416 e. The van der Waals surface area contributed by atoms with Gasteiger partial charge in [-0.2, -0.15) is 13.2 Å². The van der Waals surface area contributed by atoms with Gasteiger partial charge in [-0.25, -0.2) is 0 Å². The van der Waals surface area contributed by atoms with E-state index >= 15 is 0 Å². The lowest BCUT2D eigenvalue weighted by Gasteiger charge is -2.32. The zero-order valence-electron chi connectivity index (χ0n) is 15.0. The van der Waals surface area contributed by atoms with E-state index < -0.39 is 17.6 Å². The molecule has 1 fully saturated rings. The molecule has 27 heavy (non-hydrogen) atoms. The second-order valence-electron chi connectivity index (χ2n) is 6.99. The number of halogens is 3. The van der Waals surface area contributed by atoms with Gasteiger partial charge in [-0.1, -0.05) is 36.4 Å². The quantitative estimate of drug-likeness (QED) is 0.842. The molecule has 1 heterocycles. The largest absolute Gasteiger partial charge is 0.416 e. The van der Waals surface area contributed by atoms with Gasteiger partial charge in [0.25, 0.3) is 5.91 Å². The van der Waals surface area contributed by atoms with E-state index in [1.54, 1.807) is 0 Å². The van der Waals surface area contributed by atoms with Crippen molar-refractivity contribution in [1.82, 2.24) is 10.2 Å². The monoisotopic (exact) mass is 376 g/mol. The van der Waals surface area contributed by atoms with Gasteiger partial charge >= 0.3 is 6.18 Å². The van der Waals surface area contributed by atoms with Gasteiger partial charge in [0.15, 0.2) is 0 Å². The number of rotatable bonds is 5. The van der Waals surface area contributed by atoms with Crippen molar-refractivity contribution in [3.8, 4) is 0 Å². The molecule has 0 unspecified atom stereocenters. The molecule has 1 aliphatic heterocycles. The van der Waals surface area contributed by atoms with Gasteiger partial charge in [-0.05, 0) is 55.6 Å². The van der Waals surface area contributed by atoms with Gasteiger partial charge in [-0.15, -0.1) is 0 Å². The third-order valence-corrected chi connectivity index (χ3v) is 4.96. The summed E-state index contributed by atoms with van der Waals surface area (Å²) in [5.74, 6) is -0.0976. The van der Waals surface area contributed by atoms with Gasteiger partial charge < -0.3 is 5.32 Å². The summed E-state index contributed by atoms with van der Waals surface area (Å²) in [5.41, 5.74) is 0.532. The summed E-state index contributed by atoms with van der Waals surface area (Å²) in [7, 11) is 0. The van der Waals surface area contributed by atoms with Gasteiger partial charge in [-0.3, -0.25) is 9.69 Å². The van der Waals surface area contributed by atoms with Crippen molar-refractivity contribution in [2.45, 2.75) is 25.6 Å². The molecule has 0 spiro atoms. The van der Waals surface area contributed by atoms with E-state index in [1.807, 2.05) is 18.2 Å². The summed E-state index contributed by atoms with van der Waals surface area (Å²) < 4.78 is 38.3. The summed E-state index contributed by atoms with van der Waals surface area (Å²) in [5, 5.41) is 2.79. The third kappa shape index (κ3) is 5.57. The third-order valence-electron chi connectivity index (χ3n) is 4.96. The highest BCUT2D eigenvalue weighted by atomic mass is 19.4. The molecule has 3 rings (SSSR count). The lowest BCUT2D eigenvalue weighted by atomic mass is 9.96. The van der Waals surface area contributed by atoms with Crippen molar-refractivity contribution < 1.29 is 18.0 Å². The normalized spacial score (nSPS) is 16.3. The summed E-state index contributed by atoms with van der Waals surface area (Å²) >= 11 is 0. The first-order valence-electron chi connectivity index (χ1n) is 9.13. The van der Waals surface area contributed by atoms with Crippen LogP contribution in [0, 0.1) is 5.92 Å². The Morgan fingerprint density at radius 2 is 1.74 bits per heavy atom. The molecule has 1 N–H and O–H groups in total. The average Bonchev–Trinajstić information content (AvgIpc) is 2.67. The number of carbonyl (C=O) groups is 1. The SMILES string of the molecule is O=C(NCC1CCN(Cc2ccccc2)CC1)c1cccc(C(F)(F)F)c1. The molecule has 144 valence electrons. The van der Waals surface area contributed by atoms with Crippen molar-refractivity contribution in [2.24, 2.45) is 5.92 Å². The molecule has 1 saturated heterocycles. The summed E-state index contributed by atoms with van der Waals surface area (Å²) in [6, 6.07) is 14.8. The van der Waals surface area contributed by atoms with Crippen molar-refractivity contribution in [2.75, 3.05) is 19.6 Å². The standard InChI is InChI=1S/C21H23F3N2O/c22-21(23,24)19-8-4-7-18(13-19)20(27)25-14-16-9-11-26(12-10-16)15-17-5-2-1-3-6-17/h1-8,13,16H,9-12,14-15H2,(H,25,27). The number of amides is 1. The zero-order chi connectivity index (χ0) is 19.3. The van der Waals surface area contributed by atoms with Crippen LogP contribution in [0.3, 0.4) is 0 Å². The molecule has 0 bridgehead atoms. The molecule has 3 nitrogen and oxygen atoms in total. The number of nitrogens with zero attached hydrogens (tertiary/aromatic N) is 1. The zero-order valence-corrected chi connectivity index (χ0v) is 15.0. The molecule has 2 aromatic carbocycles. The van der Waals surface area contributed by atoms with Crippen LogP contribution in [0.4, 0.5) is 13.2 Å². The Morgan fingerprint density at radius 3 is 2.41 bits per heavy atom. The lowest BCUT2D eigenvalue weighted by Crippen LogP contribution is -2.38. The van der Waals surface area contributed by atoms with E-state index in [0.717, 1.165) is 44.6 Å². The molecule has 0 atom stereocenters. The highest BCUT2D eigenvalue weighted by molar-refractivity contribution is 5.94. The Morgan fingerprint density at radius 1 is 1.04 bits per heavy atom. The molecule has 1 amide bonds. The van der Waals surface area contributed by atoms with E-state index in [9.17, 15) is 18.0 Å². The molecule has 0 aliphatic carbocycles. The smallest absolute Gasteiger partial charge is 0.352 e. The van der Waals surface area contributed by atoms with Crippen molar-refractivity contribution >= 4 is 5.91 Å². The Hall–Kier alpha value is -2.34.